The molecule has 0 saturated heterocycles. The van der Waals surface area contributed by atoms with Crippen molar-refractivity contribution in [2.75, 3.05) is 0 Å². The minimum atomic E-state index is -0.354. The van der Waals surface area contributed by atoms with Crippen molar-refractivity contribution in [3.63, 3.8) is 0 Å². The zero-order valence-corrected chi connectivity index (χ0v) is 14.6. The highest BCUT2D eigenvalue weighted by Crippen LogP contribution is 2.39. The van der Waals surface area contributed by atoms with E-state index in [2.05, 4.69) is 15.4 Å². The smallest absolute Gasteiger partial charge is 0.350 e. The number of hydrogen-bond donors (Lipinski definition) is 1. The van der Waals surface area contributed by atoms with Gasteiger partial charge in [-0.15, -0.1) is 5.10 Å². The number of amides is 1. The second-order valence-corrected chi connectivity index (χ2v) is 7.66. The molecule has 1 amide bonds. The molecule has 130 valence electrons. The van der Waals surface area contributed by atoms with Crippen LogP contribution in [0.4, 0.5) is 0 Å². The van der Waals surface area contributed by atoms with Crippen LogP contribution in [0.1, 0.15) is 45.4 Å². The molecule has 1 aliphatic carbocycles. The second kappa shape index (κ2) is 5.40. The molecule has 7 heteroatoms. The van der Waals surface area contributed by atoms with Crippen LogP contribution in [0.5, 0.6) is 0 Å². The lowest BCUT2D eigenvalue weighted by Crippen LogP contribution is -2.43. The predicted octanol–water partition coefficient (Wildman–Crippen LogP) is 1.84. The summed E-state index contributed by atoms with van der Waals surface area (Å²) in [5, 5.41) is 8.13. The molecule has 1 aromatic carbocycles. The third kappa shape index (κ3) is 2.90. The highest BCUT2D eigenvalue weighted by Gasteiger charge is 2.30. The van der Waals surface area contributed by atoms with E-state index in [1.54, 1.807) is 4.40 Å². The number of rotatable bonds is 3. The Morgan fingerprint density at radius 1 is 1.28 bits per heavy atom. The molecule has 2 aromatic heterocycles. The first-order chi connectivity index (χ1) is 11.8. The maximum absolute atomic E-state index is 12.9. The lowest BCUT2D eigenvalue weighted by molar-refractivity contribution is -0.123. The third-order valence-electron chi connectivity index (χ3n) is 4.20. The zero-order valence-electron chi connectivity index (χ0n) is 14.6. The molecule has 2 heterocycles. The van der Waals surface area contributed by atoms with Gasteiger partial charge < -0.3 is 5.32 Å². The fourth-order valence-electron chi connectivity index (χ4n) is 3.03. The molecule has 0 bridgehead atoms. The number of benzene rings is 1. The molecular weight excluding hydrogens is 318 g/mol. The number of aromatic nitrogens is 4. The highest BCUT2D eigenvalue weighted by atomic mass is 16.2. The number of nitrogens with zero attached hydrogens (tertiary/aromatic N) is 4. The van der Waals surface area contributed by atoms with E-state index in [1.807, 2.05) is 45.0 Å². The van der Waals surface area contributed by atoms with Gasteiger partial charge in [-0.3, -0.25) is 4.79 Å². The van der Waals surface area contributed by atoms with Crippen molar-refractivity contribution in [1.29, 1.82) is 0 Å². The monoisotopic (exact) mass is 339 g/mol. The Kier molecular flexibility index (Phi) is 3.42. The van der Waals surface area contributed by atoms with Crippen LogP contribution in [0.15, 0.2) is 29.1 Å². The molecular formula is C18H21N5O2. The van der Waals surface area contributed by atoms with Crippen LogP contribution in [0.25, 0.3) is 16.6 Å². The van der Waals surface area contributed by atoms with E-state index < -0.39 is 0 Å². The van der Waals surface area contributed by atoms with Crippen LogP contribution < -0.4 is 11.0 Å². The van der Waals surface area contributed by atoms with E-state index in [-0.39, 0.29) is 23.7 Å². The van der Waals surface area contributed by atoms with Crippen LogP contribution in [0.2, 0.25) is 0 Å². The normalized spacial score (nSPS) is 15.0. The first-order valence-electron chi connectivity index (χ1n) is 8.53. The summed E-state index contributed by atoms with van der Waals surface area (Å²) in [6.07, 6.45) is 2.06. The number of carbonyl (C=O) groups excluding carboxylic acids is 1. The van der Waals surface area contributed by atoms with Crippen LogP contribution >= 0.6 is 0 Å². The molecule has 25 heavy (non-hydrogen) atoms. The summed E-state index contributed by atoms with van der Waals surface area (Å²) in [4.78, 5) is 29.8. The van der Waals surface area contributed by atoms with E-state index in [4.69, 9.17) is 0 Å². The topological polar surface area (TPSA) is 81.3 Å². The van der Waals surface area contributed by atoms with Crippen molar-refractivity contribution >= 4 is 22.5 Å². The SMILES string of the molecule is CC(C)(C)NC(=O)Cn1nc2c3ccccc3nc(C3CC3)n2c1=O. The van der Waals surface area contributed by atoms with Crippen molar-refractivity contribution in [2.45, 2.75) is 51.6 Å². The molecule has 3 aromatic rings. The van der Waals surface area contributed by atoms with Gasteiger partial charge >= 0.3 is 5.69 Å². The van der Waals surface area contributed by atoms with Crippen LogP contribution in [-0.2, 0) is 11.3 Å². The summed E-state index contributed by atoms with van der Waals surface area (Å²) in [6.45, 7) is 5.61. The largest absolute Gasteiger partial charge is 0.352 e. The molecule has 0 atom stereocenters. The Hall–Kier alpha value is -2.70. The Bertz CT molecular complexity index is 1040. The van der Waals surface area contributed by atoms with Gasteiger partial charge in [0.25, 0.3) is 0 Å². The van der Waals surface area contributed by atoms with Crippen molar-refractivity contribution in [3.05, 3.63) is 40.6 Å². The molecule has 0 unspecified atom stereocenters. The summed E-state index contributed by atoms with van der Waals surface area (Å²) in [5.41, 5.74) is 0.737. The number of carbonyl (C=O) groups is 1. The molecule has 7 nitrogen and oxygen atoms in total. The van der Waals surface area contributed by atoms with Crippen molar-refractivity contribution < 1.29 is 4.79 Å². The van der Waals surface area contributed by atoms with Crippen molar-refractivity contribution in [2.24, 2.45) is 0 Å². The fraction of sp³-hybridized carbons (Fsp3) is 0.444. The molecule has 1 aliphatic rings. The zero-order chi connectivity index (χ0) is 17.8. The molecule has 0 radical (unpaired) electrons. The standard InChI is InChI=1S/C18H21N5O2/c1-18(2,3)20-14(24)10-22-17(25)23-15(11-8-9-11)19-13-7-5-4-6-12(13)16(23)21-22/h4-7,11H,8-10H2,1-3H3,(H,20,24). The predicted molar refractivity (Wildman–Crippen MR) is 94.6 cm³/mol. The Morgan fingerprint density at radius 2 is 2.00 bits per heavy atom. The minimum Gasteiger partial charge on any atom is -0.350 e. The summed E-state index contributed by atoms with van der Waals surface area (Å²) in [5.74, 6) is 0.815. The molecule has 0 aliphatic heterocycles. The molecule has 1 saturated carbocycles. The van der Waals surface area contributed by atoms with E-state index in [1.165, 1.54) is 4.68 Å². The Balaban J connectivity index is 1.86. The van der Waals surface area contributed by atoms with Crippen LogP contribution in [0.3, 0.4) is 0 Å². The number of para-hydroxylation sites is 1. The van der Waals surface area contributed by atoms with Gasteiger partial charge in [-0.25, -0.2) is 18.9 Å². The van der Waals surface area contributed by atoms with Gasteiger partial charge in [-0.2, -0.15) is 0 Å². The average molecular weight is 339 g/mol. The van der Waals surface area contributed by atoms with Crippen molar-refractivity contribution in [1.82, 2.24) is 24.5 Å². The molecule has 0 spiro atoms. The third-order valence-corrected chi connectivity index (χ3v) is 4.20. The van der Waals surface area contributed by atoms with E-state index in [0.717, 1.165) is 29.6 Å². The first kappa shape index (κ1) is 15.8. The minimum absolute atomic E-state index is 0.101. The van der Waals surface area contributed by atoms with Gasteiger partial charge in [-0.05, 0) is 45.7 Å². The maximum atomic E-state index is 12.9. The lowest BCUT2D eigenvalue weighted by atomic mass is 10.1. The molecule has 1 fully saturated rings. The summed E-state index contributed by atoms with van der Waals surface area (Å²) in [7, 11) is 0. The summed E-state index contributed by atoms with van der Waals surface area (Å²) >= 11 is 0. The number of nitrogens with one attached hydrogen (secondary N) is 1. The van der Waals surface area contributed by atoms with Gasteiger partial charge in [0.05, 0.1) is 5.52 Å². The average Bonchev–Trinajstić information content (AvgIpc) is 3.31. The fourth-order valence-corrected chi connectivity index (χ4v) is 3.03. The molecule has 4 rings (SSSR count). The summed E-state index contributed by atoms with van der Waals surface area (Å²) in [6, 6.07) is 7.66. The second-order valence-electron chi connectivity index (χ2n) is 7.66. The van der Waals surface area contributed by atoms with E-state index >= 15 is 0 Å². The van der Waals surface area contributed by atoms with Gasteiger partial charge in [0.15, 0.2) is 5.65 Å². The molecule has 1 N–H and O–H groups in total. The first-order valence-corrected chi connectivity index (χ1v) is 8.53. The quantitative estimate of drug-likeness (QED) is 0.789. The van der Waals surface area contributed by atoms with Gasteiger partial charge in [0.1, 0.15) is 12.4 Å². The van der Waals surface area contributed by atoms with Gasteiger partial charge in [0, 0.05) is 16.8 Å². The van der Waals surface area contributed by atoms with Gasteiger partial charge in [-0.1, -0.05) is 12.1 Å². The Morgan fingerprint density at radius 3 is 2.68 bits per heavy atom. The summed E-state index contributed by atoms with van der Waals surface area (Å²) < 4.78 is 2.81. The Labute approximate surface area is 144 Å². The van der Waals surface area contributed by atoms with Crippen LogP contribution in [0, 0.1) is 0 Å². The maximum Gasteiger partial charge on any atom is 0.352 e. The lowest BCUT2D eigenvalue weighted by Gasteiger charge is -2.20. The highest BCUT2D eigenvalue weighted by molar-refractivity contribution is 5.91. The number of fused-ring (bicyclic) bond motifs is 3. The van der Waals surface area contributed by atoms with E-state index in [0.29, 0.717) is 11.6 Å². The van der Waals surface area contributed by atoms with Crippen molar-refractivity contribution in [3.8, 4) is 0 Å². The van der Waals surface area contributed by atoms with E-state index in [9.17, 15) is 9.59 Å². The van der Waals surface area contributed by atoms with Crippen LogP contribution in [-0.4, -0.2) is 30.6 Å². The van der Waals surface area contributed by atoms with Gasteiger partial charge in [0.2, 0.25) is 5.91 Å². The number of hydrogen-bond acceptors (Lipinski definition) is 4.